The molecule has 4 N–H and O–H groups in total. The summed E-state index contributed by atoms with van der Waals surface area (Å²) in [4.78, 5) is 23.4. The largest absolute Gasteiger partial charge is 0.338 e. The zero-order chi connectivity index (χ0) is 18.8. The van der Waals surface area contributed by atoms with Crippen molar-refractivity contribution in [2.24, 2.45) is 0 Å². The third kappa shape index (κ3) is 7.03. The van der Waals surface area contributed by atoms with Crippen LogP contribution in [-0.4, -0.2) is 18.6 Å². The van der Waals surface area contributed by atoms with Crippen LogP contribution < -0.4 is 21.3 Å². The molecule has 0 aromatic heterocycles. The highest BCUT2D eigenvalue weighted by atomic mass is 35.5. The standard InChI is InChI=1S/C19H23ClN4O2/c1-2-21-18(25)22-11-14-5-3-6-15(9-14)12-23-19(26)24-13-16-7-4-8-17(20)10-16/h3-10H,2,11-13H2,1H3,(H2,21,22,25)(H2,23,24,26). The molecule has 0 unspecified atom stereocenters. The Kier molecular flexibility index (Phi) is 7.76. The van der Waals surface area contributed by atoms with Gasteiger partial charge in [0.15, 0.2) is 0 Å². The minimum atomic E-state index is -0.254. The number of hydrogen-bond acceptors (Lipinski definition) is 2. The quantitative estimate of drug-likeness (QED) is 0.600. The second kappa shape index (κ2) is 10.3. The van der Waals surface area contributed by atoms with E-state index in [2.05, 4.69) is 21.3 Å². The minimum Gasteiger partial charge on any atom is -0.338 e. The van der Waals surface area contributed by atoms with E-state index < -0.39 is 0 Å². The average molecular weight is 375 g/mol. The summed E-state index contributed by atoms with van der Waals surface area (Å²) in [6.45, 7) is 3.68. The highest BCUT2D eigenvalue weighted by Gasteiger charge is 2.03. The maximum Gasteiger partial charge on any atom is 0.315 e. The fourth-order valence-corrected chi connectivity index (χ4v) is 2.54. The number of carbonyl (C=O) groups excluding carboxylic acids is 2. The third-order valence-electron chi connectivity index (χ3n) is 3.58. The Hall–Kier alpha value is -2.73. The number of rotatable bonds is 7. The Bertz CT molecular complexity index is 752. The predicted octanol–water partition coefficient (Wildman–Crippen LogP) is 3.16. The van der Waals surface area contributed by atoms with E-state index in [-0.39, 0.29) is 12.1 Å². The molecule has 7 heteroatoms. The van der Waals surface area contributed by atoms with Crippen LogP contribution in [0.2, 0.25) is 5.02 Å². The predicted molar refractivity (Wildman–Crippen MR) is 103 cm³/mol. The first-order valence-corrected chi connectivity index (χ1v) is 8.80. The number of urea groups is 2. The van der Waals surface area contributed by atoms with Gasteiger partial charge in [-0.2, -0.15) is 0 Å². The summed E-state index contributed by atoms with van der Waals surface area (Å²) in [5.74, 6) is 0. The van der Waals surface area contributed by atoms with E-state index in [0.29, 0.717) is 31.2 Å². The number of amides is 4. The zero-order valence-electron chi connectivity index (χ0n) is 14.6. The Balaban J connectivity index is 1.76. The monoisotopic (exact) mass is 374 g/mol. The van der Waals surface area contributed by atoms with Crippen molar-refractivity contribution in [1.82, 2.24) is 21.3 Å². The van der Waals surface area contributed by atoms with E-state index in [1.165, 1.54) is 0 Å². The smallest absolute Gasteiger partial charge is 0.315 e. The molecular weight excluding hydrogens is 352 g/mol. The van der Waals surface area contributed by atoms with Gasteiger partial charge in [0.1, 0.15) is 0 Å². The van der Waals surface area contributed by atoms with Gasteiger partial charge in [0, 0.05) is 31.2 Å². The number of benzene rings is 2. The van der Waals surface area contributed by atoms with Crippen molar-refractivity contribution in [3.63, 3.8) is 0 Å². The Morgan fingerprint density at radius 2 is 1.23 bits per heavy atom. The fourth-order valence-electron chi connectivity index (χ4n) is 2.33. The minimum absolute atomic E-state index is 0.198. The van der Waals surface area contributed by atoms with Gasteiger partial charge in [-0.1, -0.05) is 48.0 Å². The van der Waals surface area contributed by atoms with E-state index in [4.69, 9.17) is 11.6 Å². The summed E-state index contributed by atoms with van der Waals surface area (Å²) in [7, 11) is 0. The maximum atomic E-state index is 11.9. The Morgan fingerprint density at radius 3 is 1.73 bits per heavy atom. The van der Waals surface area contributed by atoms with Gasteiger partial charge >= 0.3 is 12.1 Å². The van der Waals surface area contributed by atoms with E-state index in [1.807, 2.05) is 49.4 Å². The Morgan fingerprint density at radius 1 is 0.769 bits per heavy atom. The van der Waals surface area contributed by atoms with Crippen molar-refractivity contribution >= 4 is 23.7 Å². The zero-order valence-corrected chi connectivity index (χ0v) is 15.4. The van der Waals surface area contributed by atoms with Crippen LogP contribution in [0.15, 0.2) is 48.5 Å². The molecule has 0 radical (unpaired) electrons. The molecule has 0 spiro atoms. The molecule has 2 aromatic rings. The molecule has 4 amide bonds. The summed E-state index contributed by atoms with van der Waals surface area (Å²) >= 11 is 5.92. The van der Waals surface area contributed by atoms with Crippen LogP contribution in [0.5, 0.6) is 0 Å². The van der Waals surface area contributed by atoms with Gasteiger partial charge in [-0.25, -0.2) is 9.59 Å². The number of hydrogen-bond donors (Lipinski definition) is 4. The molecule has 0 atom stereocenters. The van der Waals surface area contributed by atoms with Crippen molar-refractivity contribution in [2.75, 3.05) is 6.54 Å². The molecular formula is C19H23ClN4O2. The number of halogens is 1. The molecule has 2 aromatic carbocycles. The van der Waals surface area contributed by atoms with Crippen molar-refractivity contribution in [3.8, 4) is 0 Å². The van der Waals surface area contributed by atoms with Crippen LogP contribution in [0.25, 0.3) is 0 Å². The highest BCUT2D eigenvalue weighted by molar-refractivity contribution is 6.30. The lowest BCUT2D eigenvalue weighted by atomic mass is 10.1. The first-order chi connectivity index (χ1) is 12.6. The second-order valence-electron chi connectivity index (χ2n) is 5.70. The summed E-state index contributed by atoms with van der Waals surface area (Å²) in [6.07, 6.45) is 0. The molecule has 26 heavy (non-hydrogen) atoms. The third-order valence-corrected chi connectivity index (χ3v) is 3.81. The maximum absolute atomic E-state index is 11.9. The molecule has 0 heterocycles. The van der Waals surface area contributed by atoms with Gasteiger partial charge in [-0.15, -0.1) is 0 Å². The van der Waals surface area contributed by atoms with Gasteiger partial charge in [0.2, 0.25) is 0 Å². The molecule has 2 rings (SSSR count). The van der Waals surface area contributed by atoms with Crippen LogP contribution in [-0.2, 0) is 19.6 Å². The van der Waals surface area contributed by atoms with Crippen molar-refractivity contribution in [3.05, 3.63) is 70.2 Å². The van der Waals surface area contributed by atoms with Crippen LogP contribution in [0.4, 0.5) is 9.59 Å². The van der Waals surface area contributed by atoms with Gasteiger partial charge in [-0.3, -0.25) is 0 Å². The first-order valence-electron chi connectivity index (χ1n) is 8.42. The Labute approximate surface area is 158 Å². The lowest BCUT2D eigenvalue weighted by molar-refractivity contribution is 0.239. The lowest BCUT2D eigenvalue weighted by Gasteiger charge is -2.10. The number of nitrogens with one attached hydrogen (secondary N) is 4. The van der Waals surface area contributed by atoms with Gasteiger partial charge in [-0.05, 0) is 35.7 Å². The normalized spacial score (nSPS) is 10.1. The average Bonchev–Trinajstić information content (AvgIpc) is 2.64. The van der Waals surface area contributed by atoms with Gasteiger partial charge < -0.3 is 21.3 Å². The lowest BCUT2D eigenvalue weighted by Crippen LogP contribution is -2.35. The second-order valence-corrected chi connectivity index (χ2v) is 6.14. The molecule has 0 aliphatic rings. The summed E-state index contributed by atoms with van der Waals surface area (Å²) in [5, 5.41) is 11.7. The molecule has 138 valence electrons. The molecule has 0 aliphatic heterocycles. The summed E-state index contributed by atoms with van der Waals surface area (Å²) in [6, 6.07) is 14.6. The SMILES string of the molecule is CCNC(=O)NCc1cccc(CNC(=O)NCc2cccc(Cl)c2)c1. The highest BCUT2D eigenvalue weighted by Crippen LogP contribution is 2.10. The summed E-state index contributed by atoms with van der Waals surface area (Å²) < 4.78 is 0. The van der Waals surface area contributed by atoms with Crippen molar-refractivity contribution in [2.45, 2.75) is 26.6 Å². The molecule has 0 aliphatic carbocycles. The van der Waals surface area contributed by atoms with Crippen LogP contribution in [0, 0.1) is 0 Å². The van der Waals surface area contributed by atoms with Crippen molar-refractivity contribution in [1.29, 1.82) is 0 Å². The van der Waals surface area contributed by atoms with Crippen LogP contribution in [0.3, 0.4) is 0 Å². The van der Waals surface area contributed by atoms with E-state index >= 15 is 0 Å². The topological polar surface area (TPSA) is 82.3 Å². The van der Waals surface area contributed by atoms with Crippen LogP contribution in [0.1, 0.15) is 23.6 Å². The molecule has 0 bridgehead atoms. The van der Waals surface area contributed by atoms with E-state index in [0.717, 1.165) is 16.7 Å². The van der Waals surface area contributed by atoms with Gasteiger partial charge in [0.05, 0.1) is 0 Å². The molecule has 0 saturated carbocycles. The molecule has 0 saturated heterocycles. The summed E-state index contributed by atoms with van der Waals surface area (Å²) in [5.41, 5.74) is 2.86. The first kappa shape index (κ1) is 19.6. The molecule has 6 nitrogen and oxygen atoms in total. The fraction of sp³-hybridized carbons (Fsp3) is 0.263. The molecule has 0 fully saturated rings. The van der Waals surface area contributed by atoms with Gasteiger partial charge in [0.25, 0.3) is 0 Å². The van der Waals surface area contributed by atoms with Crippen molar-refractivity contribution < 1.29 is 9.59 Å². The van der Waals surface area contributed by atoms with E-state index in [9.17, 15) is 9.59 Å². The van der Waals surface area contributed by atoms with E-state index in [1.54, 1.807) is 6.07 Å². The van der Waals surface area contributed by atoms with Crippen LogP contribution >= 0.6 is 11.6 Å². The number of carbonyl (C=O) groups is 2.